The molecule has 0 saturated carbocycles. The fourth-order valence-electron chi connectivity index (χ4n) is 2.83. The molecule has 0 aromatic heterocycles. The van der Waals surface area contributed by atoms with E-state index in [4.69, 9.17) is 17.3 Å². The van der Waals surface area contributed by atoms with Crippen LogP contribution in [0.25, 0.3) is 0 Å². The Morgan fingerprint density at radius 3 is 2.95 bits per heavy atom. The number of nitrogens with one attached hydrogen (secondary N) is 1. The Kier molecular flexibility index (Phi) is 5.48. The summed E-state index contributed by atoms with van der Waals surface area (Å²) in [6.07, 6.45) is 1.81. The summed E-state index contributed by atoms with van der Waals surface area (Å²) < 4.78 is 0. The average molecular weight is 310 g/mol. The summed E-state index contributed by atoms with van der Waals surface area (Å²) in [5.41, 5.74) is 7.60. The highest BCUT2D eigenvalue weighted by atomic mass is 35.5. The minimum absolute atomic E-state index is 0.215. The van der Waals surface area contributed by atoms with Gasteiger partial charge in [-0.1, -0.05) is 31.5 Å². The maximum Gasteiger partial charge on any atom is 0.240 e. The Morgan fingerprint density at radius 1 is 1.52 bits per heavy atom. The van der Waals surface area contributed by atoms with Crippen molar-refractivity contribution in [3.05, 3.63) is 28.8 Å². The van der Waals surface area contributed by atoms with Crippen LogP contribution >= 0.6 is 11.6 Å². The SMILES string of the molecule is CC(C)CNCc1c(Cl)cccc1N1CCCC1C(N)=O. The summed E-state index contributed by atoms with van der Waals surface area (Å²) in [4.78, 5) is 13.7. The maximum absolute atomic E-state index is 11.6. The smallest absolute Gasteiger partial charge is 0.240 e. The summed E-state index contributed by atoms with van der Waals surface area (Å²) in [6.45, 7) is 6.83. The normalized spacial score (nSPS) is 18.5. The van der Waals surface area contributed by atoms with E-state index in [1.807, 2.05) is 18.2 Å². The fraction of sp³-hybridized carbons (Fsp3) is 0.562. The quantitative estimate of drug-likeness (QED) is 0.849. The lowest BCUT2D eigenvalue weighted by Gasteiger charge is -2.27. The van der Waals surface area contributed by atoms with Gasteiger partial charge in [0.2, 0.25) is 5.91 Å². The van der Waals surface area contributed by atoms with Crippen LogP contribution in [0.3, 0.4) is 0 Å². The van der Waals surface area contributed by atoms with Crippen molar-refractivity contribution in [2.75, 3.05) is 18.0 Å². The fourth-order valence-corrected chi connectivity index (χ4v) is 3.06. The molecule has 1 aromatic rings. The second kappa shape index (κ2) is 7.14. The molecule has 3 N–H and O–H groups in total. The van der Waals surface area contributed by atoms with Gasteiger partial charge in [0.15, 0.2) is 0 Å². The number of benzene rings is 1. The molecule has 1 saturated heterocycles. The molecule has 1 atom stereocenters. The van der Waals surface area contributed by atoms with Crippen LogP contribution in [0.5, 0.6) is 0 Å². The van der Waals surface area contributed by atoms with Crippen molar-refractivity contribution < 1.29 is 4.79 Å². The molecule has 116 valence electrons. The van der Waals surface area contributed by atoms with Crippen molar-refractivity contribution in [1.29, 1.82) is 0 Å². The minimum Gasteiger partial charge on any atom is -0.368 e. The summed E-state index contributed by atoms with van der Waals surface area (Å²) in [7, 11) is 0. The third kappa shape index (κ3) is 3.89. The first-order valence-corrected chi connectivity index (χ1v) is 7.92. The second-order valence-electron chi connectivity index (χ2n) is 6.02. The van der Waals surface area contributed by atoms with Crippen molar-refractivity contribution >= 4 is 23.2 Å². The predicted molar refractivity (Wildman–Crippen MR) is 87.6 cm³/mol. The highest BCUT2D eigenvalue weighted by molar-refractivity contribution is 6.31. The van der Waals surface area contributed by atoms with Gasteiger partial charge in [0.1, 0.15) is 6.04 Å². The molecule has 2 rings (SSSR count). The van der Waals surface area contributed by atoms with Gasteiger partial charge in [0, 0.05) is 29.4 Å². The second-order valence-corrected chi connectivity index (χ2v) is 6.42. The van der Waals surface area contributed by atoms with Crippen LogP contribution in [0.4, 0.5) is 5.69 Å². The van der Waals surface area contributed by atoms with Crippen LogP contribution in [0.1, 0.15) is 32.3 Å². The first kappa shape index (κ1) is 16.1. The molecule has 4 nitrogen and oxygen atoms in total. The van der Waals surface area contributed by atoms with E-state index in [2.05, 4.69) is 24.1 Å². The molecule has 21 heavy (non-hydrogen) atoms. The lowest BCUT2D eigenvalue weighted by atomic mass is 10.1. The van der Waals surface area contributed by atoms with Gasteiger partial charge in [0.25, 0.3) is 0 Å². The Labute approximate surface area is 131 Å². The van der Waals surface area contributed by atoms with Crippen LogP contribution in [0, 0.1) is 5.92 Å². The van der Waals surface area contributed by atoms with Crippen molar-refractivity contribution in [1.82, 2.24) is 5.32 Å². The molecule has 0 spiro atoms. The van der Waals surface area contributed by atoms with Gasteiger partial charge in [-0.2, -0.15) is 0 Å². The minimum atomic E-state index is -0.256. The van der Waals surface area contributed by atoms with E-state index in [1.54, 1.807) is 0 Å². The number of primary amides is 1. The molecular weight excluding hydrogens is 286 g/mol. The molecule has 1 amide bonds. The van der Waals surface area contributed by atoms with E-state index in [9.17, 15) is 4.79 Å². The lowest BCUT2D eigenvalue weighted by molar-refractivity contribution is -0.119. The Morgan fingerprint density at radius 2 is 2.29 bits per heavy atom. The first-order valence-electron chi connectivity index (χ1n) is 7.54. The van der Waals surface area contributed by atoms with Crippen molar-refractivity contribution in [2.24, 2.45) is 11.7 Å². The van der Waals surface area contributed by atoms with Gasteiger partial charge in [-0.15, -0.1) is 0 Å². The van der Waals surface area contributed by atoms with Crippen LogP contribution in [0.2, 0.25) is 5.02 Å². The molecule has 1 aliphatic rings. The van der Waals surface area contributed by atoms with Crippen LogP contribution in [-0.4, -0.2) is 25.0 Å². The number of halogens is 1. The van der Waals surface area contributed by atoms with E-state index in [0.717, 1.165) is 42.2 Å². The Balaban J connectivity index is 2.22. The zero-order valence-electron chi connectivity index (χ0n) is 12.7. The first-order chi connectivity index (χ1) is 10.0. The van der Waals surface area contributed by atoms with E-state index in [1.165, 1.54) is 0 Å². The zero-order chi connectivity index (χ0) is 15.4. The van der Waals surface area contributed by atoms with Crippen LogP contribution < -0.4 is 16.0 Å². The van der Waals surface area contributed by atoms with E-state index >= 15 is 0 Å². The molecule has 1 unspecified atom stereocenters. The molecule has 1 aromatic carbocycles. The highest BCUT2D eigenvalue weighted by Gasteiger charge is 2.30. The summed E-state index contributed by atoms with van der Waals surface area (Å²) in [5.74, 6) is 0.328. The zero-order valence-corrected chi connectivity index (χ0v) is 13.5. The standard InChI is InChI=1S/C16H24ClN3O/c1-11(2)9-19-10-12-13(17)5-3-6-14(12)20-8-4-7-15(20)16(18)21/h3,5-6,11,15,19H,4,7-10H2,1-2H3,(H2,18,21). The number of hydrogen-bond acceptors (Lipinski definition) is 3. The van der Waals surface area contributed by atoms with Gasteiger partial charge in [-0.05, 0) is 37.4 Å². The number of carbonyl (C=O) groups is 1. The molecule has 1 heterocycles. The third-order valence-electron chi connectivity index (χ3n) is 3.84. The number of nitrogens with two attached hydrogens (primary N) is 1. The molecule has 5 heteroatoms. The number of amides is 1. The maximum atomic E-state index is 11.6. The van der Waals surface area contributed by atoms with E-state index < -0.39 is 0 Å². The average Bonchev–Trinajstić information content (AvgIpc) is 2.89. The molecular formula is C16H24ClN3O. The monoisotopic (exact) mass is 309 g/mol. The number of nitrogens with zero attached hydrogens (tertiary/aromatic N) is 1. The van der Waals surface area contributed by atoms with Crippen LogP contribution in [0.15, 0.2) is 18.2 Å². The number of anilines is 1. The third-order valence-corrected chi connectivity index (χ3v) is 4.19. The van der Waals surface area contributed by atoms with Gasteiger partial charge >= 0.3 is 0 Å². The molecule has 0 radical (unpaired) electrons. The summed E-state index contributed by atoms with van der Waals surface area (Å²) in [6, 6.07) is 5.64. The van der Waals surface area contributed by atoms with Crippen LogP contribution in [-0.2, 0) is 11.3 Å². The molecule has 0 bridgehead atoms. The summed E-state index contributed by atoms with van der Waals surface area (Å²) in [5, 5.41) is 4.16. The topological polar surface area (TPSA) is 58.4 Å². The van der Waals surface area contributed by atoms with Gasteiger partial charge < -0.3 is 16.0 Å². The van der Waals surface area contributed by atoms with Gasteiger partial charge in [-0.25, -0.2) is 0 Å². The molecule has 0 aliphatic carbocycles. The van der Waals surface area contributed by atoms with Gasteiger partial charge in [-0.3, -0.25) is 4.79 Å². The number of rotatable bonds is 6. The largest absolute Gasteiger partial charge is 0.368 e. The molecule has 1 fully saturated rings. The number of carbonyl (C=O) groups excluding carboxylic acids is 1. The number of hydrogen-bond donors (Lipinski definition) is 2. The van der Waals surface area contributed by atoms with Crippen molar-refractivity contribution in [2.45, 2.75) is 39.3 Å². The lowest BCUT2D eigenvalue weighted by Crippen LogP contribution is -2.41. The molecule has 1 aliphatic heterocycles. The highest BCUT2D eigenvalue weighted by Crippen LogP contribution is 2.32. The van der Waals surface area contributed by atoms with E-state index in [-0.39, 0.29) is 11.9 Å². The predicted octanol–water partition coefficient (Wildman–Crippen LogP) is 2.54. The summed E-state index contributed by atoms with van der Waals surface area (Å²) >= 11 is 6.37. The Hall–Kier alpha value is -1.26. The van der Waals surface area contributed by atoms with Crippen molar-refractivity contribution in [3.8, 4) is 0 Å². The van der Waals surface area contributed by atoms with Crippen molar-refractivity contribution in [3.63, 3.8) is 0 Å². The van der Waals surface area contributed by atoms with Gasteiger partial charge in [0.05, 0.1) is 0 Å². The van der Waals surface area contributed by atoms with E-state index in [0.29, 0.717) is 12.5 Å². The Bertz CT molecular complexity index is 504.